The molecule has 1 aliphatic rings. The van der Waals surface area contributed by atoms with Gasteiger partial charge in [-0.05, 0) is 49.6 Å². The Morgan fingerprint density at radius 1 is 1.03 bits per heavy atom. The number of nitrogens with one attached hydrogen (secondary N) is 2. The first kappa shape index (κ1) is 20.6. The molecule has 2 amide bonds. The Morgan fingerprint density at radius 2 is 1.79 bits per heavy atom. The predicted octanol–water partition coefficient (Wildman–Crippen LogP) is 4.37. The van der Waals surface area contributed by atoms with Gasteiger partial charge in [0.05, 0.1) is 18.4 Å². The van der Waals surface area contributed by atoms with Gasteiger partial charge in [0.1, 0.15) is 5.75 Å². The second kappa shape index (κ2) is 9.87. The smallest absolute Gasteiger partial charge is 0.275 e. The number of carbonyl (C=O) groups excluding carboxylic acids is 2. The van der Waals surface area contributed by atoms with Crippen LogP contribution in [-0.4, -0.2) is 24.6 Å². The summed E-state index contributed by atoms with van der Waals surface area (Å²) in [5, 5.41) is 7.22. The van der Waals surface area contributed by atoms with Gasteiger partial charge in [-0.1, -0.05) is 43.5 Å². The lowest BCUT2D eigenvalue weighted by Crippen LogP contribution is -2.24. The van der Waals surface area contributed by atoms with Crippen LogP contribution in [0.3, 0.4) is 0 Å². The van der Waals surface area contributed by atoms with Crippen molar-refractivity contribution in [3.63, 3.8) is 0 Å². The molecule has 0 aromatic heterocycles. The molecule has 0 unspecified atom stereocenters. The normalized spacial score (nSPS) is 14.9. The third kappa shape index (κ3) is 5.44. The van der Waals surface area contributed by atoms with E-state index in [0.29, 0.717) is 17.0 Å². The average Bonchev–Trinajstić information content (AvgIpc) is 2.78. The fourth-order valence-corrected chi connectivity index (χ4v) is 3.52. The third-order valence-corrected chi connectivity index (χ3v) is 5.20. The quantitative estimate of drug-likeness (QED) is 0.565. The molecular formula is C23H27N3O3. The first-order valence-electron chi connectivity index (χ1n) is 9.97. The van der Waals surface area contributed by atoms with Crippen LogP contribution in [0.25, 0.3) is 0 Å². The zero-order chi connectivity index (χ0) is 20.6. The molecule has 29 heavy (non-hydrogen) atoms. The number of para-hydroxylation sites is 1. The molecule has 2 aromatic rings. The van der Waals surface area contributed by atoms with E-state index in [9.17, 15) is 9.59 Å². The maximum atomic E-state index is 12.5. The molecule has 0 radical (unpaired) electrons. The SMILES string of the molecule is COc1ccccc1C(=O)N/N=C(/C)c1cccc(NC(=O)C2CCCCC2)c1. The van der Waals surface area contributed by atoms with Gasteiger partial charge in [0.2, 0.25) is 5.91 Å². The van der Waals surface area contributed by atoms with Gasteiger partial charge in [0.15, 0.2) is 0 Å². The van der Waals surface area contributed by atoms with Gasteiger partial charge in [0, 0.05) is 11.6 Å². The van der Waals surface area contributed by atoms with Crippen LogP contribution >= 0.6 is 0 Å². The molecule has 152 valence electrons. The lowest BCUT2D eigenvalue weighted by Gasteiger charge is -2.20. The molecule has 1 saturated carbocycles. The highest BCUT2D eigenvalue weighted by atomic mass is 16.5. The van der Waals surface area contributed by atoms with E-state index in [-0.39, 0.29) is 17.7 Å². The molecule has 6 nitrogen and oxygen atoms in total. The number of benzene rings is 2. The first-order chi connectivity index (χ1) is 14.1. The van der Waals surface area contributed by atoms with E-state index < -0.39 is 0 Å². The van der Waals surface area contributed by atoms with Crippen molar-refractivity contribution in [3.05, 3.63) is 59.7 Å². The summed E-state index contributed by atoms with van der Waals surface area (Å²) < 4.78 is 5.21. The van der Waals surface area contributed by atoms with Gasteiger partial charge in [-0.15, -0.1) is 0 Å². The van der Waals surface area contributed by atoms with E-state index in [1.165, 1.54) is 13.5 Å². The van der Waals surface area contributed by atoms with E-state index in [2.05, 4.69) is 15.8 Å². The van der Waals surface area contributed by atoms with Crippen LogP contribution in [0.1, 0.15) is 54.9 Å². The number of anilines is 1. The molecule has 1 fully saturated rings. The maximum Gasteiger partial charge on any atom is 0.275 e. The average molecular weight is 393 g/mol. The molecule has 0 saturated heterocycles. The van der Waals surface area contributed by atoms with Crippen molar-refractivity contribution in [3.8, 4) is 5.75 Å². The summed E-state index contributed by atoms with van der Waals surface area (Å²) in [5.74, 6) is 0.331. The van der Waals surface area contributed by atoms with Crippen LogP contribution in [-0.2, 0) is 4.79 Å². The third-order valence-electron chi connectivity index (χ3n) is 5.20. The van der Waals surface area contributed by atoms with Crippen molar-refractivity contribution in [2.45, 2.75) is 39.0 Å². The Bertz CT molecular complexity index is 902. The summed E-state index contributed by atoms with van der Waals surface area (Å²) in [7, 11) is 1.52. The summed E-state index contributed by atoms with van der Waals surface area (Å²) in [5.41, 5.74) is 5.19. The fourth-order valence-electron chi connectivity index (χ4n) is 3.52. The van der Waals surface area contributed by atoms with Crippen LogP contribution in [0.5, 0.6) is 5.75 Å². The summed E-state index contributed by atoms with van der Waals surface area (Å²) in [6, 6.07) is 14.5. The van der Waals surface area contributed by atoms with Gasteiger partial charge in [0.25, 0.3) is 5.91 Å². The molecular weight excluding hydrogens is 366 g/mol. The molecule has 3 rings (SSSR count). The van der Waals surface area contributed by atoms with Crippen LogP contribution in [0, 0.1) is 5.92 Å². The molecule has 2 aromatic carbocycles. The monoisotopic (exact) mass is 393 g/mol. The number of ether oxygens (including phenoxy) is 1. The van der Waals surface area contributed by atoms with Crippen molar-refractivity contribution >= 4 is 23.2 Å². The summed E-state index contributed by atoms with van der Waals surface area (Å²) >= 11 is 0. The number of hydrogen-bond acceptors (Lipinski definition) is 4. The number of nitrogens with zero attached hydrogens (tertiary/aromatic N) is 1. The van der Waals surface area contributed by atoms with Gasteiger partial charge in [-0.25, -0.2) is 5.43 Å². The maximum absolute atomic E-state index is 12.5. The lowest BCUT2D eigenvalue weighted by molar-refractivity contribution is -0.120. The van der Waals surface area contributed by atoms with Crippen LogP contribution in [0.2, 0.25) is 0 Å². The largest absolute Gasteiger partial charge is 0.496 e. The molecule has 0 atom stereocenters. The number of hydrazone groups is 1. The highest BCUT2D eigenvalue weighted by Gasteiger charge is 2.21. The second-order valence-corrected chi connectivity index (χ2v) is 7.24. The van der Waals surface area contributed by atoms with Gasteiger partial charge >= 0.3 is 0 Å². The minimum atomic E-state index is -0.344. The Hall–Kier alpha value is -3.15. The number of amides is 2. The first-order valence-corrected chi connectivity index (χ1v) is 9.97. The molecule has 0 aliphatic heterocycles. The van der Waals surface area contributed by atoms with Crippen molar-refractivity contribution in [2.75, 3.05) is 12.4 Å². The van der Waals surface area contributed by atoms with Crippen molar-refractivity contribution in [2.24, 2.45) is 11.0 Å². The van der Waals surface area contributed by atoms with Crippen LogP contribution in [0.15, 0.2) is 53.6 Å². The number of carbonyl (C=O) groups is 2. The molecule has 1 aliphatic carbocycles. The summed E-state index contributed by atoms with van der Waals surface area (Å²) in [6.07, 6.45) is 5.38. The molecule has 0 spiro atoms. The topological polar surface area (TPSA) is 79.8 Å². The van der Waals surface area contributed by atoms with Gasteiger partial charge in [-0.2, -0.15) is 5.10 Å². The van der Waals surface area contributed by atoms with Gasteiger partial charge in [-0.3, -0.25) is 9.59 Å². The molecule has 0 heterocycles. The Balaban J connectivity index is 1.66. The van der Waals surface area contributed by atoms with Crippen molar-refractivity contribution in [1.82, 2.24) is 5.43 Å². The Labute approximate surface area is 171 Å². The summed E-state index contributed by atoms with van der Waals surface area (Å²) in [6.45, 7) is 1.81. The predicted molar refractivity (Wildman–Crippen MR) is 114 cm³/mol. The Morgan fingerprint density at radius 3 is 2.55 bits per heavy atom. The standard InChI is InChI=1S/C23H27N3O3/c1-16(25-26-23(28)20-13-6-7-14-21(20)29-2)18-11-8-12-19(15-18)24-22(27)17-9-4-3-5-10-17/h6-8,11-15,17H,3-5,9-10H2,1-2H3,(H,24,27)(H,26,28)/b25-16-. The minimum Gasteiger partial charge on any atom is -0.496 e. The Kier molecular flexibility index (Phi) is 7.00. The van der Waals surface area contributed by atoms with Crippen molar-refractivity contribution in [1.29, 1.82) is 0 Å². The zero-order valence-corrected chi connectivity index (χ0v) is 16.9. The molecule has 0 bridgehead atoms. The van der Waals surface area contributed by atoms with Crippen molar-refractivity contribution < 1.29 is 14.3 Å². The highest BCUT2D eigenvalue weighted by Crippen LogP contribution is 2.25. The van der Waals surface area contributed by atoms with Crippen LogP contribution in [0.4, 0.5) is 5.69 Å². The zero-order valence-electron chi connectivity index (χ0n) is 16.9. The highest BCUT2D eigenvalue weighted by molar-refractivity contribution is 6.02. The molecule has 2 N–H and O–H groups in total. The van der Waals surface area contributed by atoms with E-state index in [1.807, 2.05) is 31.2 Å². The van der Waals surface area contributed by atoms with E-state index >= 15 is 0 Å². The lowest BCUT2D eigenvalue weighted by atomic mass is 9.88. The second-order valence-electron chi connectivity index (χ2n) is 7.24. The minimum absolute atomic E-state index is 0.0842. The number of methoxy groups -OCH3 is 1. The van der Waals surface area contributed by atoms with E-state index in [0.717, 1.165) is 36.9 Å². The van der Waals surface area contributed by atoms with Gasteiger partial charge < -0.3 is 10.1 Å². The number of rotatable bonds is 6. The van der Waals surface area contributed by atoms with E-state index in [1.54, 1.807) is 24.3 Å². The molecule has 6 heteroatoms. The van der Waals surface area contributed by atoms with Crippen LogP contribution < -0.4 is 15.5 Å². The van der Waals surface area contributed by atoms with E-state index in [4.69, 9.17) is 4.74 Å². The summed E-state index contributed by atoms with van der Waals surface area (Å²) in [4.78, 5) is 24.9. The number of hydrogen-bond donors (Lipinski definition) is 2. The fraction of sp³-hybridized carbons (Fsp3) is 0.348.